The van der Waals surface area contributed by atoms with E-state index >= 15 is 0 Å². The summed E-state index contributed by atoms with van der Waals surface area (Å²) in [4.78, 5) is 4.01. The van der Waals surface area contributed by atoms with Gasteiger partial charge in [0.25, 0.3) is 0 Å². The number of hydrazine groups is 1. The van der Waals surface area contributed by atoms with Crippen LogP contribution in [-0.4, -0.2) is 4.98 Å². The van der Waals surface area contributed by atoms with Crippen molar-refractivity contribution in [2.24, 2.45) is 5.84 Å². The van der Waals surface area contributed by atoms with E-state index in [1.807, 2.05) is 6.07 Å². The summed E-state index contributed by atoms with van der Waals surface area (Å²) in [5.41, 5.74) is 6.33. The zero-order valence-electron chi connectivity index (χ0n) is 11.2. The molecule has 20 heavy (non-hydrogen) atoms. The SMILES string of the molecule is NNC(c1ccc(C2CCC2)cc1)c1ccncc1Cl. The highest BCUT2D eigenvalue weighted by molar-refractivity contribution is 6.31. The van der Waals surface area contributed by atoms with Crippen LogP contribution in [0, 0.1) is 0 Å². The second-order valence-electron chi connectivity index (χ2n) is 5.29. The van der Waals surface area contributed by atoms with Crippen LogP contribution in [0.2, 0.25) is 5.02 Å². The van der Waals surface area contributed by atoms with Gasteiger partial charge in [0.15, 0.2) is 0 Å². The normalized spacial score (nSPS) is 16.7. The largest absolute Gasteiger partial charge is 0.271 e. The topological polar surface area (TPSA) is 50.9 Å². The average molecular weight is 288 g/mol. The van der Waals surface area contributed by atoms with E-state index in [1.54, 1.807) is 12.4 Å². The van der Waals surface area contributed by atoms with E-state index < -0.39 is 0 Å². The Bertz CT molecular complexity index is 579. The number of nitrogens with one attached hydrogen (secondary N) is 1. The molecule has 1 heterocycles. The van der Waals surface area contributed by atoms with Gasteiger partial charge in [-0.3, -0.25) is 10.8 Å². The highest BCUT2D eigenvalue weighted by Gasteiger charge is 2.20. The van der Waals surface area contributed by atoms with Crippen molar-refractivity contribution < 1.29 is 0 Å². The molecule has 1 atom stereocenters. The van der Waals surface area contributed by atoms with Gasteiger partial charge in [-0.15, -0.1) is 0 Å². The van der Waals surface area contributed by atoms with Gasteiger partial charge in [0, 0.05) is 12.4 Å². The molecule has 0 spiro atoms. The highest BCUT2D eigenvalue weighted by Crippen LogP contribution is 2.37. The van der Waals surface area contributed by atoms with Crippen molar-refractivity contribution in [3.05, 3.63) is 64.4 Å². The molecule has 0 amide bonds. The van der Waals surface area contributed by atoms with E-state index in [1.165, 1.54) is 24.8 Å². The summed E-state index contributed by atoms with van der Waals surface area (Å²) < 4.78 is 0. The molecule has 1 aromatic carbocycles. The monoisotopic (exact) mass is 287 g/mol. The van der Waals surface area contributed by atoms with Crippen molar-refractivity contribution in [3.63, 3.8) is 0 Å². The number of hydrogen-bond acceptors (Lipinski definition) is 3. The Labute approximate surface area is 124 Å². The molecule has 1 aromatic heterocycles. The van der Waals surface area contributed by atoms with Gasteiger partial charge in [-0.05, 0) is 41.5 Å². The van der Waals surface area contributed by atoms with Crippen molar-refractivity contribution in [2.45, 2.75) is 31.2 Å². The summed E-state index contributed by atoms with van der Waals surface area (Å²) in [7, 11) is 0. The van der Waals surface area contributed by atoms with Gasteiger partial charge >= 0.3 is 0 Å². The second-order valence-corrected chi connectivity index (χ2v) is 5.70. The van der Waals surface area contributed by atoms with Gasteiger partial charge < -0.3 is 0 Å². The number of pyridine rings is 1. The van der Waals surface area contributed by atoms with Crippen LogP contribution in [0.25, 0.3) is 0 Å². The van der Waals surface area contributed by atoms with E-state index in [2.05, 4.69) is 34.7 Å². The quantitative estimate of drug-likeness (QED) is 0.668. The molecule has 104 valence electrons. The number of rotatable bonds is 4. The van der Waals surface area contributed by atoms with Crippen molar-refractivity contribution in [2.75, 3.05) is 0 Å². The van der Waals surface area contributed by atoms with Crippen molar-refractivity contribution in [1.82, 2.24) is 10.4 Å². The lowest BCUT2D eigenvalue weighted by Gasteiger charge is -2.26. The Balaban J connectivity index is 1.87. The number of hydrogen-bond donors (Lipinski definition) is 2. The third-order valence-corrected chi connectivity index (χ3v) is 4.44. The summed E-state index contributed by atoms with van der Waals surface area (Å²) in [5.74, 6) is 6.46. The van der Waals surface area contributed by atoms with Crippen LogP contribution in [-0.2, 0) is 0 Å². The molecule has 0 radical (unpaired) electrons. The van der Waals surface area contributed by atoms with Crippen molar-refractivity contribution >= 4 is 11.6 Å². The lowest BCUT2D eigenvalue weighted by atomic mass is 9.79. The molecule has 3 nitrogen and oxygen atoms in total. The van der Waals surface area contributed by atoms with E-state index in [0.717, 1.165) is 17.0 Å². The van der Waals surface area contributed by atoms with E-state index in [9.17, 15) is 0 Å². The zero-order valence-corrected chi connectivity index (χ0v) is 12.0. The first-order valence-electron chi connectivity index (χ1n) is 6.95. The maximum absolute atomic E-state index is 6.20. The predicted molar refractivity (Wildman–Crippen MR) is 81.4 cm³/mol. The first kappa shape index (κ1) is 13.6. The number of halogens is 1. The molecule has 1 aliphatic rings. The molecule has 0 bridgehead atoms. The maximum atomic E-state index is 6.20. The van der Waals surface area contributed by atoms with Gasteiger partial charge in [-0.1, -0.05) is 42.3 Å². The van der Waals surface area contributed by atoms with E-state index in [0.29, 0.717) is 5.02 Å². The summed E-state index contributed by atoms with van der Waals surface area (Å²) in [6.07, 6.45) is 7.35. The lowest BCUT2D eigenvalue weighted by Crippen LogP contribution is -2.29. The molecule has 3 rings (SSSR count). The van der Waals surface area contributed by atoms with Crippen molar-refractivity contribution in [3.8, 4) is 0 Å². The Kier molecular flexibility index (Phi) is 4.01. The fourth-order valence-electron chi connectivity index (χ4n) is 2.69. The summed E-state index contributed by atoms with van der Waals surface area (Å²) in [6, 6.07) is 10.5. The smallest absolute Gasteiger partial charge is 0.0725 e. The first-order valence-corrected chi connectivity index (χ1v) is 7.33. The Hall–Kier alpha value is -1.42. The Morgan fingerprint density at radius 2 is 1.95 bits per heavy atom. The highest BCUT2D eigenvalue weighted by atomic mass is 35.5. The molecule has 1 aliphatic carbocycles. The van der Waals surface area contributed by atoms with Crippen LogP contribution in [0.15, 0.2) is 42.7 Å². The standard InChI is InChI=1S/C16H18ClN3/c17-15-10-19-9-8-14(15)16(20-18)13-6-4-12(5-7-13)11-2-1-3-11/h4-11,16,20H,1-3,18H2. The third kappa shape index (κ3) is 2.57. The minimum atomic E-state index is -0.110. The minimum absolute atomic E-state index is 0.110. The number of nitrogens with zero attached hydrogens (tertiary/aromatic N) is 1. The molecular weight excluding hydrogens is 270 g/mol. The maximum Gasteiger partial charge on any atom is 0.0725 e. The van der Waals surface area contributed by atoms with Crippen molar-refractivity contribution in [1.29, 1.82) is 0 Å². The lowest BCUT2D eigenvalue weighted by molar-refractivity contribution is 0.419. The summed E-state index contributed by atoms with van der Waals surface area (Å²) in [6.45, 7) is 0. The van der Waals surface area contributed by atoms with Gasteiger partial charge in [-0.2, -0.15) is 0 Å². The average Bonchev–Trinajstić information content (AvgIpc) is 2.41. The number of nitrogens with two attached hydrogens (primary N) is 1. The number of benzene rings is 1. The van der Waals surface area contributed by atoms with Crippen LogP contribution in [0.4, 0.5) is 0 Å². The molecule has 4 heteroatoms. The molecular formula is C16H18ClN3. The van der Waals surface area contributed by atoms with E-state index in [-0.39, 0.29) is 6.04 Å². The first-order chi connectivity index (χ1) is 9.79. The van der Waals surface area contributed by atoms with Crippen LogP contribution < -0.4 is 11.3 Å². The third-order valence-electron chi connectivity index (χ3n) is 4.13. The fraction of sp³-hybridized carbons (Fsp3) is 0.312. The zero-order chi connectivity index (χ0) is 13.9. The molecule has 3 N–H and O–H groups in total. The number of aromatic nitrogens is 1. The second kappa shape index (κ2) is 5.92. The Morgan fingerprint density at radius 1 is 1.20 bits per heavy atom. The fourth-order valence-corrected chi connectivity index (χ4v) is 2.92. The summed E-state index contributed by atoms with van der Waals surface area (Å²) in [5, 5.41) is 0.624. The molecule has 1 unspecified atom stereocenters. The summed E-state index contributed by atoms with van der Waals surface area (Å²) >= 11 is 6.20. The minimum Gasteiger partial charge on any atom is -0.271 e. The van der Waals surface area contributed by atoms with Gasteiger partial charge in [0.05, 0.1) is 11.1 Å². The molecule has 0 saturated heterocycles. The van der Waals surface area contributed by atoms with Crippen LogP contribution in [0.1, 0.15) is 47.9 Å². The van der Waals surface area contributed by atoms with E-state index in [4.69, 9.17) is 17.4 Å². The molecule has 1 fully saturated rings. The van der Waals surface area contributed by atoms with Crippen LogP contribution >= 0.6 is 11.6 Å². The van der Waals surface area contributed by atoms with Gasteiger partial charge in [0.1, 0.15) is 0 Å². The molecule has 1 saturated carbocycles. The van der Waals surface area contributed by atoms with Gasteiger partial charge in [0.2, 0.25) is 0 Å². The molecule has 0 aliphatic heterocycles. The van der Waals surface area contributed by atoms with Gasteiger partial charge in [-0.25, -0.2) is 5.43 Å². The van der Waals surface area contributed by atoms with Crippen LogP contribution in [0.3, 0.4) is 0 Å². The Morgan fingerprint density at radius 3 is 2.50 bits per heavy atom. The molecule has 2 aromatic rings. The predicted octanol–water partition coefficient (Wildman–Crippen LogP) is 3.56. The van der Waals surface area contributed by atoms with Crippen LogP contribution in [0.5, 0.6) is 0 Å².